The molecule has 0 saturated heterocycles. The number of carboxylic acid groups (broad SMARTS) is 1. The molecule has 0 aromatic rings. The topological polar surface area (TPSA) is 70.0 Å². The first-order valence-corrected chi connectivity index (χ1v) is 3.64. The average molecular weight is 173 g/mol. The lowest BCUT2D eigenvalue weighted by Gasteiger charge is -2.23. The predicted molar refractivity (Wildman–Crippen MR) is 40.7 cm³/mol. The third-order valence-corrected chi connectivity index (χ3v) is 1.56. The van der Waals surface area contributed by atoms with E-state index in [9.17, 15) is 4.79 Å². The maximum Gasteiger partial charge on any atom is 0.409 e. The summed E-state index contributed by atoms with van der Waals surface area (Å²) in [6, 6.07) is 0. The van der Waals surface area contributed by atoms with Crippen molar-refractivity contribution in [3.63, 3.8) is 0 Å². The molecule has 0 aromatic heterocycles. The molecule has 5 heteroatoms. The van der Waals surface area contributed by atoms with Crippen LogP contribution in [0.5, 0.6) is 0 Å². The molecule has 0 fully saturated rings. The molecule has 1 atom stereocenters. The quantitative estimate of drug-likeness (QED) is 0.583. The lowest BCUT2D eigenvalue weighted by molar-refractivity contribution is -0.000155. The maximum atomic E-state index is 10.6. The van der Waals surface area contributed by atoms with Crippen LogP contribution in [0, 0.1) is 0 Å². The lowest BCUT2D eigenvalue weighted by Crippen LogP contribution is -2.40. The van der Waals surface area contributed by atoms with Gasteiger partial charge in [0.2, 0.25) is 0 Å². The Kier molecular flexibility index (Phi) is 3.07. The van der Waals surface area contributed by atoms with Gasteiger partial charge in [0.05, 0.1) is 13.2 Å². The van der Waals surface area contributed by atoms with Crippen LogP contribution in [-0.2, 0) is 4.74 Å². The summed E-state index contributed by atoms with van der Waals surface area (Å²) in [5.41, 5.74) is 0. The lowest BCUT2D eigenvalue weighted by atomic mass is 10.4. The van der Waals surface area contributed by atoms with Crippen molar-refractivity contribution in [3.8, 4) is 0 Å². The van der Waals surface area contributed by atoms with E-state index in [-0.39, 0.29) is 13.2 Å². The standard InChI is InChI=1S/C7H11NO4/c9-4-3-8(7(10)11)6-2-1-5-12-6/h1-2,6,9H,3-5H2,(H,10,11). The van der Waals surface area contributed by atoms with Gasteiger partial charge in [-0.25, -0.2) is 4.79 Å². The number of hydrogen-bond acceptors (Lipinski definition) is 3. The normalized spacial score (nSPS) is 21.2. The molecule has 1 rings (SSSR count). The van der Waals surface area contributed by atoms with Crippen LogP contribution in [0.15, 0.2) is 12.2 Å². The molecule has 68 valence electrons. The van der Waals surface area contributed by atoms with Gasteiger partial charge >= 0.3 is 6.09 Å². The molecule has 0 bridgehead atoms. The highest BCUT2D eigenvalue weighted by Crippen LogP contribution is 2.08. The fraction of sp³-hybridized carbons (Fsp3) is 0.571. The van der Waals surface area contributed by atoms with Crippen molar-refractivity contribution in [2.24, 2.45) is 0 Å². The number of aliphatic hydroxyl groups excluding tert-OH is 1. The van der Waals surface area contributed by atoms with E-state index in [1.807, 2.05) is 0 Å². The molecule has 1 aliphatic rings. The van der Waals surface area contributed by atoms with Crippen LogP contribution < -0.4 is 0 Å². The van der Waals surface area contributed by atoms with Gasteiger partial charge in [-0.05, 0) is 6.08 Å². The van der Waals surface area contributed by atoms with Crippen molar-refractivity contribution in [2.75, 3.05) is 19.8 Å². The summed E-state index contributed by atoms with van der Waals surface area (Å²) in [5.74, 6) is 0. The highest BCUT2D eigenvalue weighted by atomic mass is 16.5. The molecule has 2 N–H and O–H groups in total. The van der Waals surface area contributed by atoms with Crippen molar-refractivity contribution in [3.05, 3.63) is 12.2 Å². The van der Waals surface area contributed by atoms with Crippen LogP contribution in [0.1, 0.15) is 0 Å². The van der Waals surface area contributed by atoms with Gasteiger partial charge in [0.25, 0.3) is 0 Å². The highest BCUT2D eigenvalue weighted by Gasteiger charge is 2.22. The largest absolute Gasteiger partial charge is 0.465 e. The van der Waals surface area contributed by atoms with Crippen LogP contribution in [0.4, 0.5) is 4.79 Å². The molecule has 0 saturated carbocycles. The number of carbonyl (C=O) groups is 1. The van der Waals surface area contributed by atoms with Gasteiger partial charge in [-0.15, -0.1) is 0 Å². The van der Waals surface area contributed by atoms with Gasteiger partial charge in [-0.1, -0.05) is 6.08 Å². The average Bonchev–Trinajstić information content (AvgIpc) is 2.51. The second kappa shape index (κ2) is 4.08. The van der Waals surface area contributed by atoms with E-state index < -0.39 is 12.3 Å². The van der Waals surface area contributed by atoms with Crippen molar-refractivity contribution >= 4 is 6.09 Å². The molecule has 1 unspecified atom stereocenters. The second-order valence-electron chi connectivity index (χ2n) is 2.35. The summed E-state index contributed by atoms with van der Waals surface area (Å²) >= 11 is 0. The van der Waals surface area contributed by atoms with Crippen molar-refractivity contribution in [1.29, 1.82) is 0 Å². The zero-order valence-corrected chi connectivity index (χ0v) is 6.51. The van der Waals surface area contributed by atoms with Gasteiger partial charge in [0.15, 0.2) is 6.23 Å². The molecule has 1 amide bonds. The Morgan fingerprint density at radius 2 is 2.50 bits per heavy atom. The Labute approximate surface area is 69.9 Å². The Bertz CT molecular complexity index is 192. The monoisotopic (exact) mass is 173 g/mol. The van der Waals surface area contributed by atoms with E-state index in [1.54, 1.807) is 12.2 Å². The summed E-state index contributed by atoms with van der Waals surface area (Å²) in [6.07, 6.45) is 1.79. The molecular weight excluding hydrogens is 162 g/mol. The zero-order chi connectivity index (χ0) is 8.97. The molecule has 1 aliphatic heterocycles. The van der Waals surface area contributed by atoms with E-state index in [1.165, 1.54) is 0 Å². The van der Waals surface area contributed by atoms with E-state index in [0.717, 1.165) is 4.90 Å². The van der Waals surface area contributed by atoms with Gasteiger partial charge < -0.3 is 14.9 Å². The van der Waals surface area contributed by atoms with Gasteiger partial charge in [0, 0.05) is 6.54 Å². The van der Waals surface area contributed by atoms with Crippen molar-refractivity contribution in [1.82, 2.24) is 4.90 Å². The van der Waals surface area contributed by atoms with Crippen molar-refractivity contribution < 1.29 is 19.7 Å². The fourth-order valence-corrected chi connectivity index (χ4v) is 1.02. The molecule has 0 aliphatic carbocycles. The van der Waals surface area contributed by atoms with Crippen molar-refractivity contribution in [2.45, 2.75) is 6.23 Å². The summed E-state index contributed by atoms with van der Waals surface area (Å²) < 4.78 is 5.05. The third kappa shape index (κ3) is 1.96. The third-order valence-electron chi connectivity index (χ3n) is 1.56. The molecule has 1 heterocycles. The zero-order valence-electron chi connectivity index (χ0n) is 6.51. The first-order chi connectivity index (χ1) is 5.75. The maximum absolute atomic E-state index is 10.6. The molecule has 0 spiro atoms. The number of rotatable bonds is 3. The Morgan fingerprint density at radius 3 is 2.92 bits per heavy atom. The minimum absolute atomic E-state index is 0.0737. The first kappa shape index (κ1) is 9.02. The minimum Gasteiger partial charge on any atom is -0.465 e. The fourth-order valence-electron chi connectivity index (χ4n) is 1.02. The van der Waals surface area contributed by atoms with E-state index in [4.69, 9.17) is 14.9 Å². The molecule has 12 heavy (non-hydrogen) atoms. The van der Waals surface area contributed by atoms with E-state index in [2.05, 4.69) is 0 Å². The summed E-state index contributed by atoms with van der Waals surface area (Å²) in [6.45, 7) is 0.310. The minimum atomic E-state index is -1.08. The summed E-state index contributed by atoms with van der Waals surface area (Å²) in [5, 5.41) is 17.2. The second-order valence-corrected chi connectivity index (χ2v) is 2.35. The van der Waals surface area contributed by atoms with Crippen LogP contribution in [0.2, 0.25) is 0 Å². The van der Waals surface area contributed by atoms with Crippen LogP contribution in [0.3, 0.4) is 0 Å². The molecule has 0 radical (unpaired) electrons. The smallest absolute Gasteiger partial charge is 0.409 e. The van der Waals surface area contributed by atoms with Gasteiger partial charge in [-0.3, -0.25) is 4.90 Å². The molecule has 0 aromatic carbocycles. The van der Waals surface area contributed by atoms with Gasteiger partial charge in [0.1, 0.15) is 0 Å². The van der Waals surface area contributed by atoms with Crippen LogP contribution >= 0.6 is 0 Å². The van der Waals surface area contributed by atoms with Crippen LogP contribution in [0.25, 0.3) is 0 Å². The SMILES string of the molecule is O=C(O)N(CCO)C1C=CCO1. The number of ether oxygens (including phenoxy) is 1. The van der Waals surface area contributed by atoms with E-state index in [0.29, 0.717) is 6.61 Å². The summed E-state index contributed by atoms with van der Waals surface area (Å²) in [7, 11) is 0. The van der Waals surface area contributed by atoms with Gasteiger partial charge in [-0.2, -0.15) is 0 Å². The predicted octanol–water partition coefficient (Wildman–Crippen LogP) is -0.129. The Morgan fingerprint density at radius 1 is 1.75 bits per heavy atom. The number of hydrogen-bond donors (Lipinski definition) is 2. The molecular formula is C7H11NO4. The number of aliphatic hydroxyl groups is 1. The summed E-state index contributed by atoms with van der Waals surface area (Å²) in [4.78, 5) is 11.6. The molecule has 5 nitrogen and oxygen atoms in total. The number of nitrogens with zero attached hydrogens (tertiary/aromatic N) is 1. The Balaban J connectivity index is 2.52. The first-order valence-electron chi connectivity index (χ1n) is 3.64. The number of amides is 1. The van der Waals surface area contributed by atoms with E-state index >= 15 is 0 Å². The Hall–Kier alpha value is -1.07. The van der Waals surface area contributed by atoms with Crippen LogP contribution in [-0.4, -0.2) is 47.2 Å². The highest BCUT2D eigenvalue weighted by molar-refractivity contribution is 5.65.